The van der Waals surface area contributed by atoms with Crippen molar-refractivity contribution in [3.8, 4) is 22.8 Å². The molecule has 174 valence electrons. The van der Waals surface area contributed by atoms with E-state index >= 15 is 0 Å². The van der Waals surface area contributed by atoms with Crippen LogP contribution in [0, 0.1) is 13.8 Å². The lowest BCUT2D eigenvalue weighted by Gasteiger charge is -2.19. The first-order valence-corrected chi connectivity index (χ1v) is 10.3. The minimum Gasteiger partial charge on any atom is -0.486 e. The van der Waals surface area contributed by atoms with Gasteiger partial charge in [-0.2, -0.15) is 13.2 Å². The number of hydrogen-bond acceptors (Lipinski definition) is 4. The van der Waals surface area contributed by atoms with Gasteiger partial charge in [0.25, 0.3) is 0 Å². The highest BCUT2D eigenvalue weighted by Crippen LogP contribution is 2.32. The maximum atomic E-state index is 12.8. The number of carbonyl (C=O) groups is 1. The lowest BCUT2D eigenvalue weighted by Crippen LogP contribution is -2.23. The second-order valence-electron chi connectivity index (χ2n) is 7.73. The number of halogens is 3. The number of rotatable bonds is 7. The van der Waals surface area contributed by atoms with E-state index in [0.717, 1.165) is 23.3 Å². The highest BCUT2D eigenvalue weighted by molar-refractivity contribution is 5.72. The lowest BCUT2D eigenvalue weighted by atomic mass is 10.0. The first-order chi connectivity index (χ1) is 15.5. The van der Waals surface area contributed by atoms with Crippen LogP contribution in [0.2, 0.25) is 0 Å². The van der Waals surface area contributed by atoms with Crippen LogP contribution < -0.4 is 9.47 Å². The van der Waals surface area contributed by atoms with E-state index in [1.54, 1.807) is 31.2 Å². The molecule has 0 spiro atoms. The Morgan fingerprint density at radius 2 is 1.64 bits per heavy atom. The smallest absolute Gasteiger partial charge is 0.416 e. The Hall–Kier alpha value is -3.55. The number of aliphatic carboxylic acids is 1. The topological polar surface area (TPSA) is 68.7 Å². The first kappa shape index (κ1) is 24.1. The van der Waals surface area contributed by atoms with Gasteiger partial charge in [-0.3, -0.25) is 4.98 Å². The van der Waals surface area contributed by atoms with E-state index in [1.807, 2.05) is 19.9 Å². The second kappa shape index (κ2) is 9.52. The average Bonchev–Trinajstić information content (AvgIpc) is 2.74. The average molecular weight is 459 g/mol. The summed E-state index contributed by atoms with van der Waals surface area (Å²) in [4.78, 5) is 15.5. The van der Waals surface area contributed by atoms with E-state index < -0.39 is 23.8 Å². The van der Waals surface area contributed by atoms with Crippen molar-refractivity contribution in [3.63, 3.8) is 0 Å². The summed E-state index contributed by atoms with van der Waals surface area (Å²) in [6.45, 7) is 6.94. The number of aryl methyl sites for hydroxylation is 2. The van der Waals surface area contributed by atoms with Gasteiger partial charge in [-0.15, -0.1) is 0 Å². The molecule has 2 atom stereocenters. The van der Waals surface area contributed by atoms with Gasteiger partial charge >= 0.3 is 12.1 Å². The molecule has 0 fully saturated rings. The van der Waals surface area contributed by atoms with Crippen LogP contribution in [0.4, 0.5) is 13.2 Å². The number of aromatic nitrogens is 1. The molecule has 5 nitrogen and oxygen atoms in total. The van der Waals surface area contributed by atoms with Crippen molar-refractivity contribution in [3.05, 3.63) is 77.0 Å². The molecule has 1 aromatic heterocycles. The Kier molecular flexibility index (Phi) is 6.95. The van der Waals surface area contributed by atoms with Crippen molar-refractivity contribution in [2.45, 2.75) is 46.1 Å². The lowest BCUT2D eigenvalue weighted by molar-refractivity contribution is -0.144. The Morgan fingerprint density at radius 1 is 0.970 bits per heavy atom. The van der Waals surface area contributed by atoms with Crippen molar-refractivity contribution < 1.29 is 32.5 Å². The molecule has 0 aliphatic rings. The molecule has 1 N–H and O–H groups in total. The Bertz CT molecular complexity index is 1140. The van der Waals surface area contributed by atoms with E-state index in [4.69, 9.17) is 14.6 Å². The number of benzene rings is 2. The largest absolute Gasteiger partial charge is 0.486 e. The molecule has 1 heterocycles. The van der Waals surface area contributed by atoms with Gasteiger partial charge in [0.15, 0.2) is 6.10 Å². The van der Waals surface area contributed by atoms with E-state index in [1.165, 1.54) is 19.1 Å². The maximum absolute atomic E-state index is 12.8. The third-order valence-electron chi connectivity index (χ3n) is 5.18. The van der Waals surface area contributed by atoms with Crippen molar-refractivity contribution in [2.24, 2.45) is 0 Å². The molecule has 33 heavy (non-hydrogen) atoms. The van der Waals surface area contributed by atoms with Crippen LogP contribution in [0.5, 0.6) is 11.5 Å². The fourth-order valence-corrected chi connectivity index (χ4v) is 3.33. The predicted molar refractivity (Wildman–Crippen MR) is 117 cm³/mol. The van der Waals surface area contributed by atoms with Crippen LogP contribution in [-0.2, 0) is 11.0 Å². The van der Waals surface area contributed by atoms with Crippen LogP contribution in [0.15, 0.2) is 54.6 Å². The minimum atomic E-state index is -4.38. The molecule has 2 aromatic carbocycles. The summed E-state index contributed by atoms with van der Waals surface area (Å²) in [6.07, 6.45) is -5.69. The number of carboxylic acids is 1. The molecule has 0 bridgehead atoms. The van der Waals surface area contributed by atoms with Gasteiger partial charge in [0.1, 0.15) is 17.6 Å². The number of ether oxygens (including phenoxy) is 2. The van der Waals surface area contributed by atoms with Crippen LogP contribution in [0.25, 0.3) is 11.3 Å². The van der Waals surface area contributed by atoms with Crippen molar-refractivity contribution in [2.75, 3.05) is 0 Å². The summed E-state index contributed by atoms with van der Waals surface area (Å²) in [6, 6.07) is 13.6. The zero-order valence-corrected chi connectivity index (χ0v) is 18.6. The predicted octanol–water partition coefficient (Wildman–Crippen LogP) is 6.38. The third-order valence-corrected chi connectivity index (χ3v) is 5.18. The number of carboxylic acid groups (broad SMARTS) is 1. The van der Waals surface area contributed by atoms with E-state index in [0.29, 0.717) is 28.5 Å². The fourth-order valence-electron chi connectivity index (χ4n) is 3.33. The molecule has 0 radical (unpaired) electrons. The van der Waals surface area contributed by atoms with Gasteiger partial charge in [-0.1, -0.05) is 18.2 Å². The summed E-state index contributed by atoms with van der Waals surface area (Å²) in [7, 11) is 0. The molecule has 0 amide bonds. The van der Waals surface area contributed by atoms with Gasteiger partial charge in [-0.05, 0) is 69.7 Å². The number of pyridine rings is 1. The standard InChI is InChI=1S/C25H24F3NO4/c1-14-13-20(9-12-23(14)33-17(4)24(30)31)32-16(3)21-10-11-22(29-15(21)2)18-5-7-19(8-6-18)25(26,27)28/h5-13,16-17H,1-4H3,(H,30,31). The van der Waals surface area contributed by atoms with Gasteiger partial charge in [0.2, 0.25) is 0 Å². The third kappa shape index (κ3) is 5.83. The SMILES string of the molecule is Cc1cc(OC(C)c2ccc(-c3ccc(C(F)(F)F)cc3)nc2C)ccc1OC(C)C(=O)O. The summed E-state index contributed by atoms with van der Waals surface area (Å²) < 4.78 is 49.8. The summed E-state index contributed by atoms with van der Waals surface area (Å²) in [5.41, 5.74) is 2.73. The summed E-state index contributed by atoms with van der Waals surface area (Å²) in [5.74, 6) is -0.00347. The maximum Gasteiger partial charge on any atom is 0.416 e. The molecular formula is C25H24F3NO4. The summed E-state index contributed by atoms with van der Waals surface area (Å²) >= 11 is 0. The molecule has 0 aliphatic heterocycles. The van der Waals surface area contributed by atoms with E-state index in [9.17, 15) is 18.0 Å². The fraction of sp³-hybridized carbons (Fsp3) is 0.280. The Balaban J connectivity index is 1.74. The second-order valence-corrected chi connectivity index (χ2v) is 7.73. The first-order valence-electron chi connectivity index (χ1n) is 10.3. The molecule has 2 unspecified atom stereocenters. The molecule has 0 saturated carbocycles. The van der Waals surface area contributed by atoms with E-state index in [-0.39, 0.29) is 6.10 Å². The van der Waals surface area contributed by atoms with Gasteiger partial charge < -0.3 is 14.6 Å². The highest BCUT2D eigenvalue weighted by atomic mass is 19.4. The molecule has 3 rings (SSSR count). The van der Waals surface area contributed by atoms with Gasteiger partial charge in [0, 0.05) is 16.8 Å². The van der Waals surface area contributed by atoms with Gasteiger partial charge in [-0.25, -0.2) is 4.79 Å². The van der Waals surface area contributed by atoms with Crippen LogP contribution in [0.1, 0.15) is 42.3 Å². The van der Waals surface area contributed by atoms with Crippen LogP contribution in [-0.4, -0.2) is 22.2 Å². The normalized spacial score (nSPS) is 13.3. The monoisotopic (exact) mass is 459 g/mol. The van der Waals surface area contributed by atoms with Crippen molar-refractivity contribution >= 4 is 5.97 Å². The zero-order valence-electron chi connectivity index (χ0n) is 18.6. The summed E-state index contributed by atoms with van der Waals surface area (Å²) in [5, 5.41) is 9.00. The number of nitrogens with zero attached hydrogens (tertiary/aromatic N) is 1. The number of alkyl halides is 3. The quantitative estimate of drug-likeness (QED) is 0.444. The van der Waals surface area contributed by atoms with Crippen LogP contribution in [0.3, 0.4) is 0 Å². The minimum absolute atomic E-state index is 0.344. The van der Waals surface area contributed by atoms with Crippen molar-refractivity contribution in [1.29, 1.82) is 0 Å². The molecule has 3 aromatic rings. The van der Waals surface area contributed by atoms with Crippen LogP contribution >= 0.6 is 0 Å². The molecule has 8 heteroatoms. The number of hydrogen-bond donors (Lipinski definition) is 1. The molecule has 0 saturated heterocycles. The molecular weight excluding hydrogens is 435 g/mol. The van der Waals surface area contributed by atoms with E-state index in [2.05, 4.69) is 4.98 Å². The zero-order chi connectivity index (χ0) is 24.3. The Morgan fingerprint density at radius 3 is 2.18 bits per heavy atom. The molecule has 0 aliphatic carbocycles. The highest BCUT2D eigenvalue weighted by Gasteiger charge is 2.30. The van der Waals surface area contributed by atoms with Crippen molar-refractivity contribution in [1.82, 2.24) is 4.98 Å². The van der Waals surface area contributed by atoms with Gasteiger partial charge in [0.05, 0.1) is 11.3 Å². The Labute approximate surface area is 189 Å².